The Morgan fingerprint density at radius 2 is 2.10 bits per heavy atom. The second-order valence-electron chi connectivity index (χ2n) is 4.40. The Kier molecular flexibility index (Phi) is 4.63. The molecule has 0 fully saturated rings. The van der Waals surface area contributed by atoms with E-state index in [0.717, 1.165) is 38.1 Å². The highest BCUT2D eigenvalue weighted by Crippen LogP contribution is 2.32. The molecular weight excluding hydrogens is 322 g/mol. The molecular formula is C15H14ClN3S2. The van der Waals surface area contributed by atoms with Crippen LogP contribution < -0.4 is 5.32 Å². The van der Waals surface area contributed by atoms with Crippen molar-refractivity contribution in [1.82, 2.24) is 9.97 Å². The van der Waals surface area contributed by atoms with E-state index in [2.05, 4.69) is 26.7 Å². The lowest BCUT2D eigenvalue weighted by molar-refractivity contribution is 1.05. The summed E-state index contributed by atoms with van der Waals surface area (Å²) in [7, 11) is 0. The lowest BCUT2D eigenvalue weighted by atomic mass is 10.2. The fraction of sp³-hybridized carbons (Fsp3) is 0.200. The van der Waals surface area contributed by atoms with Crippen LogP contribution in [-0.4, -0.2) is 16.5 Å². The summed E-state index contributed by atoms with van der Waals surface area (Å²) in [5, 5.41) is 8.14. The van der Waals surface area contributed by atoms with Gasteiger partial charge in [-0.15, -0.1) is 23.1 Å². The number of anilines is 1. The average Bonchev–Trinajstić information content (AvgIpc) is 2.95. The van der Waals surface area contributed by atoms with E-state index in [9.17, 15) is 0 Å². The molecule has 2 aromatic heterocycles. The molecule has 0 aliphatic carbocycles. The fourth-order valence-electron chi connectivity index (χ4n) is 1.94. The summed E-state index contributed by atoms with van der Waals surface area (Å²) in [6, 6.07) is 9.99. The molecule has 108 valence electrons. The predicted octanol–water partition coefficient (Wildman–Crippen LogP) is 5.07. The molecule has 3 nitrogen and oxygen atoms in total. The van der Waals surface area contributed by atoms with Gasteiger partial charge < -0.3 is 5.32 Å². The molecule has 2 heterocycles. The van der Waals surface area contributed by atoms with Crippen molar-refractivity contribution in [3.63, 3.8) is 0 Å². The number of hydrogen-bond donors (Lipinski definition) is 1. The van der Waals surface area contributed by atoms with Crippen molar-refractivity contribution in [2.24, 2.45) is 0 Å². The van der Waals surface area contributed by atoms with Crippen LogP contribution in [0.2, 0.25) is 5.02 Å². The Labute approximate surface area is 136 Å². The fourth-order valence-corrected chi connectivity index (χ4v) is 4.06. The number of fused-ring (bicyclic) bond motifs is 1. The van der Waals surface area contributed by atoms with Gasteiger partial charge in [0, 0.05) is 22.7 Å². The number of thioether (sulfide) groups is 1. The molecule has 0 bridgehead atoms. The summed E-state index contributed by atoms with van der Waals surface area (Å²) < 4.78 is 0. The van der Waals surface area contributed by atoms with Gasteiger partial charge in [0.1, 0.15) is 9.86 Å². The van der Waals surface area contributed by atoms with Gasteiger partial charge in [0.15, 0.2) is 0 Å². The maximum atomic E-state index is 6.21. The number of benzene rings is 1. The molecule has 0 amide bonds. The minimum absolute atomic E-state index is 0.689. The monoisotopic (exact) mass is 335 g/mol. The van der Waals surface area contributed by atoms with Gasteiger partial charge >= 0.3 is 0 Å². The molecule has 0 spiro atoms. The van der Waals surface area contributed by atoms with E-state index >= 15 is 0 Å². The Hall–Kier alpha value is -1.30. The molecule has 1 N–H and O–H groups in total. The maximum absolute atomic E-state index is 6.21. The number of nitrogens with one attached hydrogen (secondary N) is 1. The first-order chi connectivity index (χ1) is 10.3. The van der Waals surface area contributed by atoms with E-state index < -0.39 is 0 Å². The van der Waals surface area contributed by atoms with Crippen molar-refractivity contribution >= 4 is 50.9 Å². The van der Waals surface area contributed by atoms with E-state index in [0.29, 0.717) is 5.95 Å². The predicted molar refractivity (Wildman–Crippen MR) is 92.6 cm³/mol. The Bertz CT molecular complexity index is 758. The van der Waals surface area contributed by atoms with Crippen LogP contribution >= 0.6 is 34.7 Å². The highest BCUT2D eigenvalue weighted by atomic mass is 35.5. The van der Waals surface area contributed by atoms with Gasteiger partial charge in [0.05, 0.1) is 0 Å². The van der Waals surface area contributed by atoms with E-state index in [-0.39, 0.29) is 0 Å². The van der Waals surface area contributed by atoms with Crippen LogP contribution in [0.5, 0.6) is 0 Å². The standard InChI is InChI=1S/C15H14ClN3S2/c1-2-17-15-18-13-11(7-8-20-13)14(19-15)21-9-10-5-3-4-6-12(10)16/h3-8H,2,9H2,1H3,(H,17,18,19). The number of thiophene rings is 1. The van der Waals surface area contributed by atoms with Crippen molar-refractivity contribution in [2.45, 2.75) is 17.7 Å². The third-order valence-corrected chi connectivity index (χ3v) is 5.16. The second kappa shape index (κ2) is 6.64. The van der Waals surface area contributed by atoms with Crippen LogP contribution in [-0.2, 0) is 5.75 Å². The molecule has 3 aromatic rings. The first-order valence-electron chi connectivity index (χ1n) is 6.63. The SMILES string of the molecule is CCNc1nc(SCc2ccccc2Cl)c2ccsc2n1. The zero-order valence-corrected chi connectivity index (χ0v) is 13.9. The van der Waals surface area contributed by atoms with E-state index in [1.165, 1.54) is 0 Å². The van der Waals surface area contributed by atoms with Gasteiger partial charge in [-0.2, -0.15) is 0 Å². The molecule has 0 atom stereocenters. The third-order valence-electron chi connectivity index (χ3n) is 2.95. The summed E-state index contributed by atoms with van der Waals surface area (Å²) in [5.74, 6) is 1.49. The average molecular weight is 336 g/mol. The van der Waals surface area contributed by atoms with Gasteiger partial charge in [0.2, 0.25) is 5.95 Å². The van der Waals surface area contributed by atoms with Crippen LogP contribution in [0.15, 0.2) is 40.7 Å². The molecule has 3 rings (SSSR count). The van der Waals surface area contributed by atoms with E-state index in [1.807, 2.05) is 31.2 Å². The van der Waals surface area contributed by atoms with Gasteiger partial charge in [-0.05, 0) is 30.0 Å². The zero-order chi connectivity index (χ0) is 14.7. The third kappa shape index (κ3) is 3.31. The largest absolute Gasteiger partial charge is 0.354 e. The van der Waals surface area contributed by atoms with Gasteiger partial charge in [-0.25, -0.2) is 9.97 Å². The smallest absolute Gasteiger partial charge is 0.225 e. The van der Waals surface area contributed by atoms with Crippen molar-refractivity contribution in [2.75, 3.05) is 11.9 Å². The minimum Gasteiger partial charge on any atom is -0.354 e. The number of nitrogens with zero attached hydrogens (tertiary/aromatic N) is 2. The number of hydrogen-bond acceptors (Lipinski definition) is 5. The minimum atomic E-state index is 0.689. The summed E-state index contributed by atoms with van der Waals surface area (Å²) >= 11 is 9.54. The first-order valence-corrected chi connectivity index (χ1v) is 8.87. The van der Waals surface area contributed by atoms with Crippen LogP contribution in [0.4, 0.5) is 5.95 Å². The van der Waals surface area contributed by atoms with Crippen LogP contribution in [0.1, 0.15) is 12.5 Å². The molecule has 0 radical (unpaired) electrons. The van der Waals surface area contributed by atoms with Crippen LogP contribution in [0.3, 0.4) is 0 Å². The molecule has 0 unspecified atom stereocenters. The summed E-state index contributed by atoms with van der Waals surface area (Å²) in [5.41, 5.74) is 1.12. The highest BCUT2D eigenvalue weighted by molar-refractivity contribution is 7.98. The maximum Gasteiger partial charge on any atom is 0.225 e. The molecule has 0 saturated heterocycles. The van der Waals surface area contributed by atoms with Gasteiger partial charge in [-0.3, -0.25) is 0 Å². The topological polar surface area (TPSA) is 37.8 Å². The second-order valence-corrected chi connectivity index (χ2v) is 6.67. The van der Waals surface area contributed by atoms with Crippen molar-refractivity contribution in [3.05, 3.63) is 46.3 Å². The molecule has 6 heteroatoms. The van der Waals surface area contributed by atoms with E-state index in [4.69, 9.17) is 11.6 Å². The molecule has 0 aliphatic heterocycles. The Morgan fingerprint density at radius 1 is 1.24 bits per heavy atom. The molecule has 0 aliphatic rings. The number of aromatic nitrogens is 2. The van der Waals surface area contributed by atoms with Crippen LogP contribution in [0, 0.1) is 0 Å². The molecule has 1 aromatic carbocycles. The van der Waals surface area contributed by atoms with Crippen molar-refractivity contribution in [3.8, 4) is 0 Å². The molecule has 21 heavy (non-hydrogen) atoms. The van der Waals surface area contributed by atoms with Gasteiger partial charge in [0.25, 0.3) is 0 Å². The van der Waals surface area contributed by atoms with Crippen molar-refractivity contribution in [1.29, 1.82) is 0 Å². The number of halogens is 1. The highest BCUT2D eigenvalue weighted by Gasteiger charge is 2.10. The first kappa shape index (κ1) is 14.6. The Balaban J connectivity index is 1.89. The summed E-state index contributed by atoms with van der Waals surface area (Å²) in [6.45, 7) is 2.85. The lowest BCUT2D eigenvalue weighted by Gasteiger charge is -2.07. The molecule has 0 saturated carbocycles. The number of rotatable bonds is 5. The summed E-state index contributed by atoms with van der Waals surface area (Å²) in [6.07, 6.45) is 0. The lowest BCUT2D eigenvalue weighted by Crippen LogP contribution is -2.02. The van der Waals surface area contributed by atoms with Crippen molar-refractivity contribution < 1.29 is 0 Å². The normalized spacial score (nSPS) is 11.0. The summed E-state index contributed by atoms with van der Waals surface area (Å²) in [4.78, 5) is 10.1. The van der Waals surface area contributed by atoms with Crippen LogP contribution in [0.25, 0.3) is 10.2 Å². The van der Waals surface area contributed by atoms with Gasteiger partial charge in [-0.1, -0.05) is 29.8 Å². The zero-order valence-electron chi connectivity index (χ0n) is 11.5. The Morgan fingerprint density at radius 3 is 2.90 bits per heavy atom. The van der Waals surface area contributed by atoms with E-state index in [1.54, 1.807) is 23.1 Å². The quantitative estimate of drug-likeness (QED) is 0.522.